The smallest absolute Gasteiger partial charge is 0.234 e. The van der Waals surface area contributed by atoms with Crippen molar-refractivity contribution in [1.82, 2.24) is 5.32 Å². The van der Waals surface area contributed by atoms with Crippen LogP contribution in [0.3, 0.4) is 0 Å². The molecule has 1 rings (SSSR count). The molecule has 0 aliphatic carbocycles. The quantitative estimate of drug-likeness (QED) is 0.741. The first-order valence-electron chi connectivity index (χ1n) is 4.76. The Bertz CT molecular complexity index is 303. The third kappa shape index (κ3) is 3.90. The van der Waals surface area contributed by atoms with E-state index in [-0.39, 0.29) is 24.3 Å². The minimum Gasteiger partial charge on any atom is -0.396 e. The minimum atomic E-state index is -0.217. The Morgan fingerprint density at radius 2 is 2.07 bits per heavy atom. The van der Waals surface area contributed by atoms with Crippen molar-refractivity contribution < 1.29 is 9.90 Å². The van der Waals surface area contributed by atoms with Crippen LogP contribution in [-0.2, 0) is 4.79 Å². The molecule has 1 amide bonds. The molecule has 1 atom stereocenters. The molecule has 82 valence electrons. The van der Waals surface area contributed by atoms with Gasteiger partial charge in [0.05, 0.1) is 6.61 Å². The lowest BCUT2D eigenvalue weighted by Crippen LogP contribution is -2.30. The van der Waals surface area contributed by atoms with E-state index in [0.717, 1.165) is 5.56 Å². The molecule has 0 fully saturated rings. The van der Waals surface area contributed by atoms with Gasteiger partial charge in [-0.3, -0.25) is 4.79 Å². The number of benzene rings is 1. The van der Waals surface area contributed by atoms with Crippen molar-refractivity contribution >= 4 is 17.5 Å². The van der Waals surface area contributed by atoms with Crippen LogP contribution < -0.4 is 5.32 Å². The molecule has 0 unspecified atom stereocenters. The fourth-order valence-electron chi connectivity index (χ4n) is 1.30. The highest BCUT2D eigenvalue weighted by molar-refractivity contribution is 6.27. The van der Waals surface area contributed by atoms with E-state index in [2.05, 4.69) is 5.32 Å². The summed E-state index contributed by atoms with van der Waals surface area (Å²) < 4.78 is 0. The van der Waals surface area contributed by atoms with Gasteiger partial charge in [0.15, 0.2) is 0 Å². The second kappa shape index (κ2) is 6.43. The Hall–Kier alpha value is -1.06. The van der Waals surface area contributed by atoms with Crippen molar-refractivity contribution in [2.75, 3.05) is 19.0 Å². The number of alkyl halides is 1. The molecule has 0 saturated heterocycles. The Labute approximate surface area is 94.1 Å². The number of aliphatic hydroxyl groups excluding tert-OH is 1. The first-order valence-corrected chi connectivity index (χ1v) is 5.30. The maximum Gasteiger partial charge on any atom is 0.234 e. The van der Waals surface area contributed by atoms with E-state index in [1.54, 1.807) is 0 Å². The second-order valence-electron chi connectivity index (χ2n) is 3.23. The summed E-state index contributed by atoms with van der Waals surface area (Å²) >= 11 is 5.35. The maximum absolute atomic E-state index is 10.9. The van der Waals surface area contributed by atoms with Gasteiger partial charge in [0, 0.05) is 12.5 Å². The standard InChI is InChI=1S/C11H14ClNO2/c12-6-11(15)13-7-10(8-14)9-4-2-1-3-5-9/h1-5,10,14H,6-8H2,(H,13,15)/t10-/m1/s1. The summed E-state index contributed by atoms with van der Waals surface area (Å²) in [6, 6.07) is 9.57. The lowest BCUT2D eigenvalue weighted by Gasteiger charge is -2.14. The number of aliphatic hydroxyl groups is 1. The molecule has 0 aromatic heterocycles. The zero-order valence-corrected chi connectivity index (χ0v) is 9.07. The van der Waals surface area contributed by atoms with Crippen LogP contribution >= 0.6 is 11.6 Å². The molecule has 0 spiro atoms. The van der Waals surface area contributed by atoms with E-state index >= 15 is 0 Å². The highest BCUT2D eigenvalue weighted by atomic mass is 35.5. The monoisotopic (exact) mass is 227 g/mol. The fraction of sp³-hybridized carbons (Fsp3) is 0.364. The number of carbonyl (C=O) groups is 1. The summed E-state index contributed by atoms with van der Waals surface area (Å²) in [5, 5.41) is 11.8. The molecule has 0 saturated carbocycles. The third-order valence-corrected chi connectivity index (χ3v) is 2.40. The highest BCUT2D eigenvalue weighted by Crippen LogP contribution is 2.13. The molecule has 3 nitrogen and oxygen atoms in total. The third-order valence-electron chi connectivity index (χ3n) is 2.16. The highest BCUT2D eigenvalue weighted by Gasteiger charge is 2.10. The van der Waals surface area contributed by atoms with Crippen LogP contribution in [0.15, 0.2) is 30.3 Å². The van der Waals surface area contributed by atoms with Gasteiger partial charge in [0.2, 0.25) is 5.91 Å². The summed E-state index contributed by atoms with van der Waals surface area (Å²) in [4.78, 5) is 10.9. The molecular weight excluding hydrogens is 214 g/mol. The van der Waals surface area contributed by atoms with Crippen molar-refractivity contribution in [3.8, 4) is 0 Å². The summed E-state index contributed by atoms with van der Waals surface area (Å²) in [5.74, 6) is -0.336. The largest absolute Gasteiger partial charge is 0.396 e. The van der Waals surface area contributed by atoms with E-state index in [0.29, 0.717) is 6.54 Å². The fourth-order valence-corrected chi connectivity index (χ4v) is 1.39. The predicted octanol–water partition coefficient (Wildman–Crippen LogP) is 1.12. The average molecular weight is 228 g/mol. The lowest BCUT2D eigenvalue weighted by molar-refractivity contribution is -0.118. The molecule has 2 N–H and O–H groups in total. The Balaban J connectivity index is 2.53. The maximum atomic E-state index is 10.9. The number of rotatable bonds is 5. The molecule has 15 heavy (non-hydrogen) atoms. The van der Waals surface area contributed by atoms with E-state index < -0.39 is 0 Å². The average Bonchev–Trinajstić information content (AvgIpc) is 2.31. The molecule has 0 aliphatic rings. The van der Waals surface area contributed by atoms with Gasteiger partial charge < -0.3 is 10.4 Å². The van der Waals surface area contributed by atoms with Crippen molar-refractivity contribution in [2.45, 2.75) is 5.92 Å². The Morgan fingerprint density at radius 1 is 1.40 bits per heavy atom. The van der Waals surface area contributed by atoms with Crippen LogP contribution in [0, 0.1) is 0 Å². The predicted molar refractivity (Wildman–Crippen MR) is 60.0 cm³/mol. The van der Waals surface area contributed by atoms with Gasteiger partial charge in [-0.1, -0.05) is 30.3 Å². The molecule has 4 heteroatoms. The molecule has 0 radical (unpaired) electrons. The van der Waals surface area contributed by atoms with Crippen LogP contribution in [0.5, 0.6) is 0 Å². The zero-order chi connectivity index (χ0) is 11.1. The molecule has 0 aliphatic heterocycles. The summed E-state index contributed by atoms with van der Waals surface area (Å²) in [6.07, 6.45) is 0. The number of amides is 1. The summed E-state index contributed by atoms with van der Waals surface area (Å²) in [5.41, 5.74) is 1.01. The van der Waals surface area contributed by atoms with Gasteiger partial charge in [0.25, 0.3) is 0 Å². The van der Waals surface area contributed by atoms with Crippen molar-refractivity contribution in [1.29, 1.82) is 0 Å². The second-order valence-corrected chi connectivity index (χ2v) is 3.50. The van der Waals surface area contributed by atoms with E-state index in [1.807, 2.05) is 30.3 Å². The number of halogens is 1. The molecule has 1 aromatic carbocycles. The zero-order valence-electron chi connectivity index (χ0n) is 8.32. The molecule has 0 bridgehead atoms. The molecule has 0 heterocycles. The van der Waals surface area contributed by atoms with Gasteiger partial charge in [-0.15, -0.1) is 11.6 Å². The molecular formula is C11H14ClNO2. The van der Waals surface area contributed by atoms with Crippen LogP contribution in [0.25, 0.3) is 0 Å². The van der Waals surface area contributed by atoms with Crippen LogP contribution in [0.2, 0.25) is 0 Å². The number of hydrogen-bond donors (Lipinski definition) is 2. The number of hydrogen-bond acceptors (Lipinski definition) is 2. The van der Waals surface area contributed by atoms with E-state index in [9.17, 15) is 9.90 Å². The van der Waals surface area contributed by atoms with Crippen LogP contribution in [-0.4, -0.2) is 30.0 Å². The lowest BCUT2D eigenvalue weighted by atomic mass is 10.0. The number of nitrogens with one attached hydrogen (secondary N) is 1. The van der Waals surface area contributed by atoms with Crippen molar-refractivity contribution in [3.05, 3.63) is 35.9 Å². The molecule has 1 aromatic rings. The first kappa shape index (κ1) is 12.0. The normalized spacial score (nSPS) is 12.1. The topological polar surface area (TPSA) is 49.3 Å². The van der Waals surface area contributed by atoms with Crippen molar-refractivity contribution in [2.24, 2.45) is 0 Å². The van der Waals surface area contributed by atoms with Crippen molar-refractivity contribution in [3.63, 3.8) is 0 Å². The van der Waals surface area contributed by atoms with E-state index in [4.69, 9.17) is 11.6 Å². The van der Waals surface area contributed by atoms with Gasteiger partial charge in [-0.2, -0.15) is 0 Å². The van der Waals surface area contributed by atoms with Gasteiger partial charge >= 0.3 is 0 Å². The first-order chi connectivity index (χ1) is 7.27. The SMILES string of the molecule is O=C(CCl)NC[C@H](CO)c1ccccc1. The minimum absolute atomic E-state index is 0.00653. The Morgan fingerprint density at radius 3 is 2.60 bits per heavy atom. The van der Waals surface area contributed by atoms with Gasteiger partial charge in [0.1, 0.15) is 5.88 Å². The van der Waals surface area contributed by atoms with Gasteiger partial charge in [-0.25, -0.2) is 0 Å². The van der Waals surface area contributed by atoms with Gasteiger partial charge in [-0.05, 0) is 5.56 Å². The number of carbonyl (C=O) groups excluding carboxylic acids is 1. The Kier molecular flexibility index (Phi) is 5.15. The summed E-state index contributed by atoms with van der Waals surface area (Å²) in [7, 11) is 0. The van der Waals surface area contributed by atoms with E-state index in [1.165, 1.54) is 0 Å². The van der Waals surface area contributed by atoms with Crippen LogP contribution in [0.1, 0.15) is 11.5 Å². The van der Waals surface area contributed by atoms with Crippen LogP contribution in [0.4, 0.5) is 0 Å². The summed E-state index contributed by atoms with van der Waals surface area (Å²) in [6.45, 7) is 0.415.